The van der Waals surface area contributed by atoms with E-state index in [9.17, 15) is 0 Å². The van der Waals surface area contributed by atoms with Crippen molar-refractivity contribution >= 4 is 79.6 Å². The van der Waals surface area contributed by atoms with Gasteiger partial charge in [-0.05, 0) is 195 Å². The first-order chi connectivity index (χ1) is 44.1. The molecule has 4 aliphatic rings. The number of hydrogen-bond donors (Lipinski definition) is 0. The van der Waals surface area contributed by atoms with Crippen LogP contribution in [0.1, 0.15) is 37.5 Å². The van der Waals surface area contributed by atoms with E-state index in [2.05, 4.69) is 252 Å². The standard InChI is InChI=1S/C76H68N10O2/c1-49-31-51(3)75(52(4)32-49)55-35-61(81-45-79(7)73-43-77-29-27-71(73)81)41-65(37-55)87-63-17-13-15-59(39-63)85-47-83(67-19-9-11-21-69(67)85)57-23-25-58(26-24-57)84-48-86(70-22-12-10-20-68(70)84)60-16-14-18-64(40-60)88-66-38-56(76-53(5)33-50(2)34-54(76)6)36-62(42-66)82-46-80(8)74-44-78-30-28-72(74)82/h9-44H,45-48H2,1-8H3/i7D3. The number of benzene rings is 9. The van der Waals surface area contributed by atoms with Crippen molar-refractivity contribution in [2.24, 2.45) is 0 Å². The Balaban J connectivity index is 0.689. The predicted octanol–water partition coefficient (Wildman–Crippen LogP) is 18.8. The molecule has 11 aromatic rings. The molecule has 0 aliphatic carbocycles. The van der Waals surface area contributed by atoms with Gasteiger partial charge in [0.05, 0.1) is 71.2 Å². The average molecular weight is 1160 g/mol. The molecule has 15 rings (SSSR count). The number of aromatic nitrogens is 2. The van der Waals surface area contributed by atoms with Gasteiger partial charge in [-0.15, -0.1) is 0 Å². The second-order valence-electron chi connectivity index (χ2n) is 23.7. The Morgan fingerprint density at radius 3 is 1.11 bits per heavy atom. The highest BCUT2D eigenvalue weighted by molar-refractivity contribution is 5.91. The number of aryl methyl sites for hydroxylation is 6. The highest BCUT2D eigenvalue weighted by Gasteiger charge is 2.32. The van der Waals surface area contributed by atoms with Crippen molar-refractivity contribution in [3.63, 3.8) is 0 Å². The fourth-order valence-corrected chi connectivity index (χ4v) is 13.8. The predicted molar refractivity (Wildman–Crippen MR) is 362 cm³/mol. The maximum atomic E-state index is 8.40. The van der Waals surface area contributed by atoms with Crippen molar-refractivity contribution in [2.45, 2.75) is 41.5 Å². The van der Waals surface area contributed by atoms with E-state index >= 15 is 0 Å². The number of para-hydroxylation sites is 4. The maximum Gasteiger partial charge on any atom is 0.130 e. The zero-order chi connectivity index (χ0) is 62.4. The van der Waals surface area contributed by atoms with Crippen molar-refractivity contribution in [3.8, 4) is 45.3 Å². The molecule has 0 saturated carbocycles. The fourth-order valence-electron chi connectivity index (χ4n) is 13.8. The van der Waals surface area contributed by atoms with Crippen LogP contribution in [0.2, 0.25) is 0 Å². The normalized spacial score (nSPS) is 14.6. The third-order valence-electron chi connectivity index (χ3n) is 17.5. The minimum absolute atomic E-state index is 0.132. The Morgan fingerprint density at radius 1 is 0.330 bits per heavy atom. The molecule has 2 aromatic heterocycles. The lowest BCUT2D eigenvalue weighted by Gasteiger charge is -2.25. The van der Waals surface area contributed by atoms with Crippen LogP contribution in [0, 0.1) is 41.5 Å². The Hall–Kier alpha value is -10.7. The van der Waals surface area contributed by atoms with Gasteiger partial charge in [0.2, 0.25) is 0 Å². The maximum absolute atomic E-state index is 8.40. The van der Waals surface area contributed by atoms with Crippen molar-refractivity contribution in [2.75, 3.05) is 79.9 Å². The summed E-state index contributed by atoms with van der Waals surface area (Å²) >= 11 is 0. The topological polar surface area (TPSA) is 70.2 Å². The lowest BCUT2D eigenvalue weighted by atomic mass is 9.93. The molecule has 0 saturated heterocycles. The molecule has 9 aromatic carbocycles. The lowest BCUT2D eigenvalue weighted by molar-refractivity contribution is 0.482. The van der Waals surface area contributed by atoms with E-state index in [4.69, 9.17) is 13.6 Å². The number of anilines is 14. The van der Waals surface area contributed by atoms with E-state index in [1.807, 2.05) is 47.6 Å². The molecule has 0 amide bonds. The van der Waals surface area contributed by atoms with E-state index < -0.39 is 6.98 Å². The molecule has 4 aliphatic heterocycles. The van der Waals surface area contributed by atoms with Crippen LogP contribution in [0.15, 0.2) is 219 Å². The van der Waals surface area contributed by atoms with Gasteiger partial charge in [0.15, 0.2) is 0 Å². The van der Waals surface area contributed by atoms with Gasteiger partial charge in [-0.2, -0.15) is 0 Å². The summed E-state index contributed by atoms with van der Waals surface area (Å²) in [5.74, 6) is 2.81. The lowest BCUT2D eigenvalue weighted by Crippen LogP contribution is -2.25. The van der Waals surface area contributed by atoms with Crippen LogP contribution in [0.4, 0.5) is 79.6 Å². The van der Waals surface area contributed by atoms with Crippen LogP contribution < -0.4 is 48.7 Å². The number of rotatable bonds is 12. The van der Waals surface area contributed by atoms with Crippen LogP contribution in [-0.4, -0.2) is 50.7 Å². The van der Waals surface area contributed by atoms with Crippen molar-refractivity contribution in [3.05, 3.63) is 252 Å². The molecule has 12 heteroatoms. The summed E-state index contributed by atoms with van der Waals surface area (Å²) in [4.78, 5) is 26.2. The summed E-state index contributed by atoms with van der Waals surface area (Å²) in [6.07, 6.45) is 7.13. The number of hydrogen-bond acceptors (Lipinski definition) is 12. The third kappa shape index (κ3) is 9.67. The van der Waals surface area contributed by atoms with E-state index in [1.54, 1.807) is 12.4 Å². The van der Waals surface area contributed by atoms with Gasteiger partial charge in [-0.1, -0.05) is 71.8 Å². The molecular formula is C76H68N10O2. The molecular weight excluding hydrogens is 1080 g/mol. The summed E-state index contributed by atoms with van der Waals surface area (Å²) in [7, 11) is 2.11. The molecule has 0 N–H and O–H groups in total. The molecule has 0 spiro atoms. The van der Waals surface area contributed by atoms with Crippen LogP contribution in [0.5, 0.6) is 23.0 Å². The first kappa shape index (κ1) is 50.6. The van der Waals surface area contributed by atoms with Crippen molar-refractivity contribution in [1.29, 1.82) is 0 Å². The molecule has 88 heavy (non-hydrogen) atoms. The van der Waals surface area contributed by atoms with Crippen LogP contribution in [0.25, 0.3) is 22.3 Å². The smallest absolute Gasteiger partial charge is 0.130 e. The summed E-state index contributed by atoms with van der Waals surface area (Å²) in [5, 5.41) is 0. The molecule has 0 unspecified atom stereocenters. The summed E-state index contributed by atoms with van der Waals surface area (Å²) in [6.45, 7) is 12.6. The van der Waals surface area contributed by atoms with Gasteiger partial charge in [0.25, 0.3) is 0 Å². The number of pyridine rings is 2. The van der Waals surface area contributed by atoms with Gasteiger partial charge in [-0.3, -0.25) is 9.97 Å². The second kappa shape index (κ2) is 21.7. The first-order valence-corrected chi connectivity index (χ1v) is 29.9. The monoisotopic (exact) mass is 1160 g/mol. The van der Waals surface area contributed by atoms with E-state index in [-0.39, 0.29) is 6.67 Å². The fraction of sp³-hybridized carbons (Fsp3) is 0.158. The van der Waals surface area contributed by atoms with Gasteiger partial charge in [0, 0.05) is 88.9 Å². The van der Waals surface area contributed by atoms with Gasteiger partial charge < -0.3 is 48.7 Å². The van der Waals surface area contributed by atoms with Crippen molar-refractivity contribution < 1.29 is 13.6 Å². The Morgan fingerprint density at radius 2 is 0.693 bits per heavy atom. The quantitative estimate of drug-likeness (QED) is 0.117. The molecule has 0 atom stereocenters. The largest absolute Gasteiger partial charge is 0.457 e. The first-order valence-electron chi connectivity index (χ1n) is 31.4. The van der Waals surface area contributed by atoms with Crippen molar-refractivity contribution in [1.82, 2.24) is 9.97 Å². The molecule has 0 bridgehead atoms. The molecule has 0 fully saturated rings. The number of nitrogens with zero attached hydrogens (tertiary/aromatic N) is 10. The van der Waals surface area contributed by atoms with Gasteiger partial charge in [-0.25, -0.2) is 0 Å². The SMILES string of the molecule is [2H]C([2H])([2H])N1CN(c2cc(Oc3cccc(N4CN(c5ccc(N6CN(c7cccc(Oc8cc(-c9c(C)cc(C)cc9C)cc(N9CN(C)c%10cnccc%109)c8)c7)c7ccccc76)cc5)c5ccccc54)c3)cc(-c3c(C)cc(C)cc3C)c2)c2ccncc21. The highest BCUT2D eigenvalue weighted by atomic mass is 16.5. The Labute approximate surface area is 519 Å². The Bertz CT molecular complexity index is 4620. The minimum atomic E-state index is -2.36. The summed E-state index contributed by atoms with van der Waals surface area (Å²) in [6, 6.07) is 68.4. The molecule has 434 valence electrons. The molecule has 6 heterocycles. The zero-order valence-electron chi connectivity index (χ0n) is 53.4. The van der Waals surface area contributed by atoms with E-state index in [1.165, 1.54) is 32.7 Å². The second-order valence-corrected chi connectivity index (χ2v) is 23.7. The van der Waals surface area contributed by atoms with Crippen LogP contribution in [0.3, 0.4) is 0 Å². The highest BCUT2D eigenvalue weighted by Crippen LogP contribution is 2.50. The number of fused-ring (bicyclic) bond motifs is 4. The average Bonchev–Trinajstić information content (AvgIpc) is 2.08. The number of ether oxygens (including phenoxy) is 2. The minimum Gasteiger partial charge on any atom is -0.457 e. The molecule has 12 nitrogen and oxygen atoms in total. The van der Waals surface area contributed by atoms with Gasteiger partial charge in [0.1, 0.15) is 36.3 Å². The summed E-state index contributed by atoms with van der Waals surface area (Å²) in [5.41, 5.74) is 25.6. The van der Waals surface area contributed by atoms with E-state index in [0.29, 0.717) is 37.2 Å². The van der Waals surface area contributed by atoms with Crippen LogP contribution in [-0.2, 0) is 0 Å². The third-order valence-corrected chi connectivity index (χ3v) is 17.5. The Kier molecular flexibility index (Phi) is 12.5. The van der Waals surface area contributed by atoms with E-state index in [0.717, 1.165) is 113 Å². The van der Waals surface area contributed by atoms with Crippen LogP contribution >= 0.6 is 0 Å². The molecule has 0 radical (unpaired) electrons. The zero-order valence-corrected chi connectivity index (χ0v) is 50.4. The summed E-state index contributed by atoms with van der Waals surface area (Å²) < 4.78 is 39.1. The van der Waals surface area contributed by atoms with Gasteiger partial charge >= 0.3 is 0 Å².